The number of hydrogen-bond acceptors (Lipinski definition) is 5. The molecule has 3 aromatic carbocycles. The summed E-state index contributed by atoms with van der Waals surface area (Å²) in [4.78, 5) is 40.4. The number of amides is 3. The second-order valence-electron chi connectivity index (χ2n) is 8.56. The van der Waals surface area contributed by atoms with Crippen LogP contribution in [0.15, 0.2) is 83.8 Å². The number of fused-ring (bicyclic) bond motifs is 1. The maximum atomic E-state index is 14.6. The van der Waals surface area contributed by atoms with Crippen LogP contribution in [0.5, 0.6) is 0 Å². The minimum atomic E-state index is -4.10. The molecule has 1 heterocycles. The highest BCUT2D eigenvalue weighted by molar-refractivity contribution is 7.90. The number of halogens is 1. The van der Waals surface area contributed by atoms with E-state index in [-0.39, 0.29) is 35.4 Å². The summed E-state index contributed by atoms with van der Waals surface area (Å²) in [6.45, 7) is -0.619. The van der Waals surface area contributed by atoms with Gasteiger partial charge in [-0.05, 0) is 23.8 Å². The summed E-state index contributed by atoms with van der Waals surface area (Å²) < 4.78 is 41.0. The Hall–Kier alpha value is -4.05. The lowest BCUT2D eigenvalue weighted by molar-refractivity contribution is -0.141. The molecule has 3 amide bonds. The average molecular weight is 524 g/mol. The van der Waals surface area contributed by atoms with Crippen LogP contribution in [-0.2, 0) is 32.6 Å². The van der Waals surface area contributed by atoms with E-state index in [1.165, 1.54) is 48.3 Å². The fourth-order valence-electron chi connectivity index (χ4n) is 4.32. The Morgan fingerprint density at radius 3 is 2.30 bits per heavy atom. The molecule has 1 N–H and O–H groups in total. The van der Waals surface area contributed by atoms with Crippen molar-refractivity contribution < 1.29 is 27.2 Å². The van der Waals surface area contributed by atoms with Gasteiger partial charge in [0, 0.05) is 38.5 Å². The van der Waals surface area contributed by atoms with Crippen molar-refractivity contribution >= 4 is 27.7 Å². The van der Waals surface area contributed by atoms with Gasteiger partial charge in [-0.3, -0.25) is 14.4 Å². The number of nitrogens with one attached hydrogen (secondary N) is 1. The molecule has 3 aromatic rings. The highest BCUT2D eigenvalue weighted by atomic mass is 32.2. The second-order valence-corrected chi connectivity index (χ2v) is 10.4. The topological polar surface area (TPSA) is 104 Å². The molecule has 0 aliphatic carbocycles. The molecule has 0 bridgehead atoms. The Kier molecular flexibility index (Phi) is 7.68. The van der Waals surface area contributed by atoms with E-state index in [1.54, 1.807) is 24.3 Å². The van der Waals surface area contributed by atoms with E-state index in [4.69, 9.17) is 0 Å². The van der Waals surface area contributed by atoms with E-state index in [0.29, 0.717) is 4.31 Å². The molecule has 192 valence electrons. The van der Waals surface area contributed by atoms with Gasteiger partial charge in [0.25, 0.3) is 15.9 Å². The van der Waals surface area contributed by atoms with Crippen LogP contribution in [0.25, 0.3) is 0 Å². The summed E-state index contributed by atoms with van der Waals surface area (Å²) in [5.41, 5.74) is 1.04. The Balaban J connectivity index is 1.62. The highest BCUT2D eigenvalue weighted by Gasteiger charge is 2.41. The molecule has 0 saturated heterocycles. The molecular weight excluding hydrogens is 497 g/mol. The summed E-state index contributed by atoms with van der Waals surface area (Å²) >= 11 is 0. The summed E-state index contributed by atoms with van der Waals surface area (Å²) in [5.74, 6) is -2.29. The van der Waals surface area contributed by atoms with Crippen LogP contribution in [0, 0.1) is 5.82 Å². The molecule has 8 nitrogen and oxygen atoms in total. The van der Waals surface area contributed by atoms with Crippen LogP contribution in [0.1, 0.15) is 27.9 Å². The second kappa shape index (κ2) is 10.9. The molecule has 1 atom stereocenters. The van der Waals surface area contributed by atoms with Crippen molar-refractivity contribution in [2.45, 2.75) is 30.3 Å². The van der Waals surface area contributed by atoms with Crippen LogP contribution in [-0.4, -0.2) is 55.0 Å². The zero-order valence-electron chi connectivity index (χ0n) is 20.1. The molecule has 1 aliphatic rings. The molecular formula is C27H26FN3O5S. The number of hydrogen-bond donors (Lipinski definition) is 1. The molecule has 0 aromatic heterocycles. The monoisotopic (exact) mass is 523 g/mol. The number of rotatable bonds is 9. The molecule has 0 saturated carbocycles. The Bertz CT molecular complexity index is 1430. The number of nitrogens with zero attached hydrogens (tertiary/aromatic N) is 2. The number of carbonyl (C=O) groups excluding carboxylic acids is 3. The lowest BCUT2D eigenvalue weighted by Crippen LogP contribution is -2.50. The van der Waals surface area contributed by atoms with E-state index in [1.807, 2.05) is 18.2 Å². The van der Waals surface area contributed by atoms with Gasteiger partial charge in [-0.25, -0.2) is 17.1 Å². The SMILES string of the molecule is CNC(=O)[C@@H](Cc1ccccc1)N(Cc1ccccc1F)C(=O)CCN1C(=O)c2ccccc2S1(=O)=O. The quantitative estimate of drug-likeness (QED) is 0.465. The van der Waals surface area contributed by atoms with Crippen LogP contribution in [0.4, 0.5) is 4.39 Å². The number of likely N-dealkylation sites (N-methyl/N-ethyl adjacent to an activating group) is 1. The van der Waals surface area contributed by atoms with E-state index < -0.39 is 46.1 Å². The van der Waals surface area contributed by atoms with Gasteiger partial charge in [0.2, 0.25) is 11.8 Å². The van der Waals surface area contributed by atoms with Crippen LogP contribution >= 0.6 is 0 Å². The van der Waals surface area contributed by atoms with Crippen LogP contribution in [0.3, 0.4) is 0 Å². The molecule has 37 heavy (non-hydrogen) atoms. The molecule has 1 aliphatic heterocycles. The maximum absolute atomic E-state index is 14.6. The minimum absolute atomic E-state index is 0.0467. The zero-order chi connectivity index (χ0) is 26.6. The van der Waals surface area contributed by atoms with Crippen molar-refractivity contribution in [3.8, 4) is 0 Å². The fraction of sp³-hybridized carbons (Fsp3) is 0.222. The van der Waals surface area contributed by atoms with Gasteiger partial charge in [0.15, 0.2) is 0 Å². The summed E-state index contributed by atoms with van der Waals surface area (Å²) in [6, 6.07) is 19.8. The average Bonchev–Trinajstić information content (AvgIpc) is 3.10. The van der Waals surface area contributed by atoms with E-state index in [2.05, 4.69) is 5.32 Å². The van der Waals surface area contributed by atoms with E-state index >= 15 is 0 Å². The lowest BCUT2D eigenvalue weighted by atomic mass is 10.0. The predicted molar refractivity (Wildman–Crippen MR) is 134 cm³/mol. The van der Waals surface area contributed by atoms with Gasteiger partial charge in [-0.2, -0.15) is 0 Å². The summed E-state index contributed by atoms with van der Waals surface area (Å²) in [6.07, 6.45) is -0.219. The number of benzene rings is 3. The van der Waals surface area contributed by atoms with E-state index in [0.717, 1.165) is 5.56 Å². The normalized spacial score (nSPS) is 14.6. The van der Waals surface area contributed by atoms with Crippen LogP contribution in [0.2, 0.25) is 0 Å². The predicted octanol–water partition coefficient (Wildman–Crippen LogP) is 2.75. The van der Waals surface area contributed by atoms with Gasteiger partial charge in [0.1, 0.15) is 16.8 Å². The third-order valence-corrected chi connectivity index (χ3v) is 8.10. The number of sulfonamides is 1. The Morgan fingerprint density at radius 1 is 0.973 bits per heavy atom. The molecule has 10 heteroatoms. The summed E-state index contributed by atoms with van der Waals surface area (Å²) in [7, 11) is -2.66. The van der Waals surface area contributed by atoms with Gasteiger partial charge in [-0.15, -0.1) is 0 Å². The standard InChI is InChI=1S/C27H26FN3O5S/c1-29-26(33)23(17-19-9-3-2-4-10-19)30(18-20-11-5-7-13-22(20)28)25(32)15-16-31-27(34)21-12-6-8-14-24(21)37(31,35)36/h2-14,23H,15-18H2,1H3,(H,29,33)/t23-/m1/s1. The summed E-state index contributed by atoms with van der Waals surface area (Å²) in [5, 5.41) is 2.56. The largest absolute Gasteiger partial charge is 0.357 e. The number of carbonyl (C=O) groups is 3. The first kappa shape index (κ1) is 26.0. The Labute approximate surface area is 214 Å². The van der Waals surface area contributed by atoms with Gasteiger partial charge < -0.3 is 10.2 Å². The van der Waals surface area contributed by atoms with Crippen molar-refractivity contribution in [1.29, 1.82) is 0 Å². The van der Waals surface area contributed by atoms with Crippen molar-refractivity contribution in [1.82, 2.24) is 14.5 Å². The smallest absolute Gasteiger partial charge is 0.269 e. The fourth-order valence-corrected chi connectivity index (χ4v) is 5.89. The van der Waals surface area contributed by atoms with E-state index in [9.17, 15) is 27.2 Å². The van der Waals surface area contributed by atoms with Crippen LogP contribution < -0.4 is 5.32 Å². The molecule has 0 radical (unpaired) electrons. The maximum Gasteiger partial charge on any atom is 0.269 e. The van der Waals surface area contributed by atoms with Gasteiger partial charge in [0.05, 0.1) is 5.56 Å². The third-order valence-electron chi connectivity index (χ3n) is 6.26. The Morgan fingerprint density at radius 2 is 1.62 bits per heavy atom. The lowest BCUT2D eigenvalue weighted by Gasteiger charge is -2.31. The van der Waals surface area contributed by atoms with Gasteiger partial charge >= 0.3 is 0 Å². The van der Waals surface area contributed by atoms with Crippen molar-refractivity contribution in [2.75, 3.05) is 13.6 Å². The minimum Gasteiger partial charge on any atom is -0.357 e. The van der Waals surface area contributed by atoms with Gasteiger partial charge in [-0.1, -0.05) is 60.7 Å². The molecule has 4 rings (SSSR count). The van der Waals surface area contributed by atoms with Crippen molar-refractivity contribution in [3.05, 3.63) is 101 Å². The first-order chi connectivity index (χ1) is 17.7. The highest BCUT2D eigenvalue weighted by Crippen LogP contribution is 2.30. The molecule has 0 unspecified atom stereocenters. The molecule has 0 spiro atoms. The molecule has 0 fully saturated rings. The zero-order valence-corrected chi connectivity index (χ0v) is 20.9. The first-order valence-corrected chi connectivity index (χ1v) is 13.1. The first-order valence-electron chi connectivity index (χ1n) is 11.7. The van der Waals surface area contributed by atoms with Crippen molar-refractivity contribution in [3.63, 3.8) is 0 Å². The third kappa shape index (κ3) is 5.39. The van der Waals surface area contributed by atoms with Crippen molar-refractivity contribution in [2.24, 2.45) is 0 Å².